The molecule has 1 atom stereocenters. The summed E-state index contributed by atoms with van der Waals surface area (Å²) in [5.41, 5.74) is 7.64. The molecule has 0 aliphatic carbocycles. The zero-order valence-corrected chi connectivity index (χ0v) is 11.1. The van der Waals surface area contributed by atoms with Crippen molar-refractivity contribution < 1.29 is 9.53 Å². The van der Waals surface area contributed by atoms with E-state index in [9.17, 15) is 4.79 Å². The van der Waals surface area contributed by atoms with Crippen molar-refractivity contribution in [3.8, 4) is 0 Å². The topological polar surface area (TPSA) is 64.3 Å². The highest BCUT2D eigenvalue weighted by Gasteiger charge is 2.11. The molecule has 0 aliphatic rings. The summed E-state index contributed by atoms with van der Waals surface area (Å²) in [5.74, 6) is 0.0113. The second-order valence-corrected chi connectivity index (χ2v) is 4.40. The first-order chi connectivity index (χ1) is 8.69. The quantitative estimate of drug-likeness (QED) is 0.769. The van der Waals surface area contributed by atoms with E-state index in [1.165, 1.54) is 0 Å². The van der Waals surface area contributed by atoms with Gasteiger partial charge in [-0.3, -0.25) is 4.79 Å². The van der Waals surface area contributed by atoms with Crippen LogP contribution in [-0.4, -0.2) is 19.6 Å². The number of benzene rings is 1. The fraction of sp³-hybridized carbons (Fsp3) is 0.500. The van der Waals surface area contributed by atoms with Crippen molar-refractivity contribution in [1.29, 1.82) is 0 Å². The molecule has 4 heteroatoms. The third-order valence-corrected chi connectivity index (χ3v) is 2.92. The van der Waals surface area contributed by atoms with Crippen LogP contribution >= 0.6 is 0 Å². The molecule has 4 nitrogen and oxygen atoms in total. The number of methoxy groups -OCH3 is 1. The van der Waals surface area contributed by atoms with Gasteiger partial charge in [0.25, 0.3) is 0 Å². The molecule has 0 radical (unpaired) electrons. The summed E-state index contributed by atoms with van der Waals surface area (Å²) < 4.78 is 5.13. The largest absolute Gasteiger partial charge is 0.380 e. The molecule has 0 fully saturated rings. The third kappa shape index (κ3) is 4.47. The molecule has 18 heavy (non-hydrogen) atoms. The van der Waals surface area contributed by atoms with E-state index >= 15 is 0 Å². The Hall–Kier alpha value is -1.39. The van der Waals surface area contributed by atoms with Crippen LogP contribution in [0.25, 0.3) is 0 Å². The summed E-state index contributed by atoms with van der Waals surface area (Å²) in [6.07, 6.45) is 0.714. The van der Waals surface area contributed by atoms with Crippen LogP contribution < -0.4 is 11.1 Å². The van der Waals surface area contributed by atoms with E-state index < -0.39 is 0 Å². The Bertz CT molecular complexity index is 380. The van der Waals surface area contributed by atoms with E-state index in [0.717, 1.165) is 11.1 Å². The number of nitrogens with one attached hydrogen (secondary N) is 1. The van der Waals surface area contributed by atoms with E-state index in [1.807, 2.05) is 31.2 Å². The molecule has 0 heterocycles. The number of carbonyl (C=O) groups is 1. The normalized spacial score (nSPS) is 12.2. The lowest BCUT2D eigenvalue weighted by Crippen LogP contribution is -2.30. The van der Waals surface area contributed by atoms with Gasteiger partial charge in [-0.25, -0.2) is 0 Å². The van der Waals surface area contributed by atoms with Crippen molar-refractivity contribution >= 4 is 5.91 Å². The molecule has 1 unspecified atom stereocenters. The van der Waals surface area contributed by atoms with E-state index in [-0.39, 0.29) is 11.8 Å². The Morgan fingerprint density at radius 3 is 2.67 bits per heavy atom. The number of hydrogen-bond donors (Lipinski definition) is 2. The Kier molecular flexibility index (Phi) is 6.39. The van der Waals surface area contributed by atoms with Gasteiger partial charge in [0.15, 0.2) is 0 Å². The highest BCUT2D eigenvalue weighted by atomic mass is 16.5. The third-order valence-electron chi connectivity index (χ3n) is 2.92. The molecule has 0 saturated heterocycles. The van der Waals surface area contributed by atoms with Gasteiger partial charge in [-0.2, -0.15) is 0 Å². The molecular weight excluding hydrogens is 228 g/mol. The van der Waals surface area contributed by atoms with Crippen LogP contribution in [0.4, 0.5) is 0 Å². The van der Waals surface area contributed by atoms with Crippen LogP contribution in [0.15, 0.2) is 24.3 Å². The summed E-state index contributed by atoms with van der Waals surface area (Å²) in [6.45, 7) is 3.52. The summed E-state index contributed by atoms with van der Waals surface area (Å²) in [4.78, 5) is 11.8. The second kappa shape index (κ2) is 7.84. The fourth-order valence-electron chi connectivity index (χ4n) is 1.76. The Balaban J connectivity index is 2.55. The number of hydrogen-bond acceptors (Lipinski definition) is 3. The molecular formula is C14H22N2O2. The molecule has 0 aliphatic heterocycles. The first kappa shape index (κ1) is 14.7. The molecule has 3 N–H and O–H groups in total. The van der Waals surface area contributed by atoms with E-state index in [1.54, 1.807) is 7.11 Å². The van der Waals surface area contributed by atoms with Crippen molar-refractivity contribution in [3.05, 3.63) is 35.4 Å². The van der Waals surface area contributed by atoms with Gasteiger partial charge >= 0.3 is 0 Å². The van der Waals surface area contributed by atoms with Crippen molar-refractivity contribution in [2.45, 2.75) is 26.5 Å². The fourth-order valence-corrected chi connectivity index (χ4v) is 1.76. The van der Waals surface area contributed by atoms with Crippen LogP contribution in [-0.2, 0) is 22.7 Å². The highest BCUT2D eigenvalue weighted by Crippen LogP contribution is 2.10. The Morgan fingerprint density at radius 1 is 1.39 bits per heavy atom. The van der Waals surface area contributed by atoms with Crippen molar-refractivity contribution in [2.24, 2.45) is 11.7 Å². The minimum atomic E-state index is -0.0374. The van der Waals surface area contributed by atoms with E-state index in [0.29, 0.717) is 26.1 Å². The average Bonchev–Trinajstić information content (AvgIpc) is 2.38. The summed E-state index contributed by atoms with van der Waals surface area (Å²) in [5, 5.41) is 2.93. The molecule has 0 spiro atoms. The maximum absolute atomic E-state index is 11.8. The van der Waals surface area contributed by atoms with Crippen molar-refractivity contribution in [1.82, 2.24) is 5.32 Å². The first-order valence-electron chi connectivity index (χ1n) is 6.22. The molecule has 1 rings (SSSR count). The number of amides is 1. The molecule has 0 saturated carbocycles. The zero-order valence-electron chi connectivity index (χ0n) is 11.1. The van der Waals surface area contributed by atoms with Crippen LogP contribution in [0.3, 0.4) is 0 Å². The molecule has 1 aromatic rings. The Morgan fingerprint density at radius 2 is 2.06 bits per heavy atom. The standard InChI is InChI=1S/C14H22N2O2/c1-11(7-8-15)14(17)16-9-12-5-3-4-6-13(12)10-18-2/h3-6,11H,7-10,15H2,1-2H3,(H,16,17). The van der Waals surface area contributed by atoms with Crippen LogP contribution in [0.5, 0.6) is 0 Å². The lowest BCUT2D eigenvalue weighted by atomic mass is 10.1. The average molecular weight is 250 g/mol. The lowest BCUT2D eigenvalue weighted by Gasteiger charge is -2.13. The zero-order chi connectivity index (χ0) is 13.4. The van der Waals surface area contributed by atoms with Gasteiger partial charge in [-0.15, -0.1) is 0 Å². The second-order valence-electron chi connectivity index (χ2n) is 4.40. The first-order valence-corrected chi connectivity index (χ1v) is 6.22. The number of nitrogens with two attached hydrogens (primary N) is 1. The maximum Gasteiger partial charge on any atom is 0.223 e. The summed E-state index contributed by atoms with van der Waals surface area (Å²) in [6, 6.07) is 7.94. The van der Waals surface area contributed by atoms with Crippen molar-refractivity contribution in [3.63, 3.8) is 0 Å². The monoisotopic (exact) mass is 250 g/mol. The molecule has 0 aromatic heterocycles. The predicted molar refractivity (Wildman–Crippen MR) is 71.8 cm³/mol. The smallest absolute Gasteiger partial charge is 0.223 e. The van der Waals surface area contributed by atoms with Crippen molar-refractivity contribution in [2.75, 3.05) is 13.7 Å². The van der Waals surface area contributed by atoms with Crippen LogP contribution in [0.2, 0.25) is 0 Å². The van der Waals surface area contributed by atoms with E-state index in [4.69, 9.17) is 10.5 Å². The predicted octanol–water partition coefficient (Wildman–Crippen LogP) is 1.43. The minimum absolute atomic E-state index is 0.0374. The maximum atomic E-state index is 11.8. The molecule has 0 bridgehead atoms. The molecule has 1 amide bonds. The van der Waals surface area contributed by atoms with Gasteiger partial charge < -0.3 is 15.8 Å². The van der Waals surface area contributed by atoms with Gasteiger partial charge in [0.1, 0.15) is 0 Å². The number of rotatable bonds is 7. The Labute approximate surface area is 109 Å². The lowest BCUT2D eigenvalue weighted by molar-refractivity contribution is -0.124. The van der Waals surface area contributed by atoms with E-state index in [2.05, 4.69) is 5.32 Å². The molecule has 100 valence electrons. The summed E-state index contributed by atoms with van der Waals surface area (Å²) >= 11 is 0. The highest BCUT2D eigenvalue weighted by molar-refractivity contribution is 5.78. The summed E-state index contributed by atoms with van der Waals surface area (Å²) in [7, 11) is 1.67. The van der Waals surface area contributed by atoms with Gasteiger partial charge in [-0.05, 0) is 24.1 Å². The van der Waals surface area contributed by atoms with Gasteiger partial charge in [0.05, 0.1) is 6.61 Å². The number of carbonyl (C=O) groups excluding carboxylic acids is 1. The molecule has 1 aromatic carbocycles. The minimum Gasteiger partial charge on any atom is -0.380 e. The van der Waals surface area contributed by atoms with Gasteiger partial charge in [0, 0.05) is 19.6 Å². The SMILES string of the molecule is COCc1ccccc1CNC(=O)C(C)CCN. The van der Waals surface area contributed by atoms with Crippen LogP contribution in [0.1, 0.15) is 24.5 Å². The van der Waals surface area contributed by atoms with Gasteiger partial charge in [-0.1, -0.05) is 31.2 Å². The van der Waals surface area contributed by atoms with Crippen LogP contribution in [0, 0.1) is 5.92 Å². The number of ether oxygens (including phenoxy) is 1. The van der Waals surface area contributed by atoms with Gasteiger partial charge in [0.2, 0.25) is 5.91 Å².